The van der Waals surface area contributed by atoms with Crippen LogP contribution in [0.2, 0.25) is 0 Å². The van der Waals surface area contributed by atoms with E-state index in [9.17, 15) is 0 Å². The molecule has 4 aromatic rings. The van der Waals surface area contributed by atoms with E-state index in [0.717, 1.165) is 94.2 Å². The standard InChI is InChI=1S/C39H36Br8O6/c1-38(2,22-12-30(44)36(31(45)13-22)52-18-24-16-50-24)20-8-26(40)34(27(41)9-20)48-6-5-7-49-35-28(42)10-21(11-29(35)43)39(3,4)23-14-32(46)37(33(47)15-23)53-19-25-17-51-25/h8-15,24-25H,5-7,16-19H2,1-4H3. The Hall–Kier alpha value is -0.160. The van der Waals surface area contributed by atoms with Crippen LogP contribution in [-0.4, -0.2) is 51.8 Å². The van der Waals surface area contributed by atoms with Crippen LogP contribution in [0.15, 0.2) is 84.3 Å². The number of benzene rings is 4. The van der Waals surface area contributed by atoms with Gasteiger partial charge in [-0.1, -0.05) is 27.7 Å². The zero-order valence-corrected chi connectivity index (χ0v) is 41.9. The third-order valence-electron chi connectivity index (χ3n) is 9.29. The molecule has 53 heavy (non-hydrogen) atoms. The molecule has 0 spiro atoms. The van der Waals surface area contributed by atoms with Crippen molar-refractivity contribution in [1.82, 2.24) is 0 Å². The predicted molar refractivity (Wildman–Crippen MR) is 238 cm³/mol. The molecule has 14 heteroatoms. The van der Waals surface area contributed by atoms with Crippen LogP contribution in [-0.2, 0) is 20.3 Å². The molecular formula is C39H36Br8O6. The molecule has 2 unspecified atom stereocenters. The van der Waals surface area contributed by atoms with Crippen molar-refractivity contribution in [3.8, 4) is 23.0 Å². The molecule has 0 aliphatic carbocycles. The number of epoxide rings is 2. The molecule has 284 valence electrons. The molecular weight excluding hydrogens is 1200 g/mol. The maximum absolute atomic E-state index is 6.25. The van der Waals surface area contributed by atoms with Gasteiger partial charge in [0.1, 0.15) is 48.4 Å². The van der Waals surface area contributed by atoms with Crippen LogP contribution in [0, 0.1) is 0 Å². The van der Waals surface area contributed by atoms with Crippen molar-refractivity contribution in [2.45, 2.75) is 57.2 Å². The van der Waals surface area contributed by atoms with Crippen molar-refractivity contribution < 1.29 is 28.4 Å². The zero-order valence-electron chi connectivity index (χ0n) is 29.2. The van der Waals surface area contributed by atoms with Gasteiger partial charge in [0.15, 0.2) is 0 Å². The minimum Gasteiger partial charge on any atom is -0.491 e. The summed E-state index contributed by atoms with van der Waals surface area (Å²) in [7, 11) is 0. The third-order valence-corrected chi connectivity index (χ3v) is 14.0. The summed E-state index contributed by atoms with van der Waals surface area (Å²) in [5, 5.41) is 0. The monoisotopic (exact) mass is 1230 g/mol. The predicted octanol–water partition coefficient (Wildman–Crippen LogP) is 13.8. The number of hydrogen-bond donors (Lipinski definition) is 0. The first-order valence-corrected chi connectivity index (χ1v) is 23.1. The summed E-state index contributed by atoms with van der Waals surface area (Å²) >= 11 is 29.9. The minimum atomic E-state index is -0.315. The Morgan fingerprint density at radius 2 is 0.679 bits per heavy atom. The van der Waals surface area contributed by atoms with Gasteiger partial charge in [-0.05, 0) is 198 Å². The number of halogens is 8. The van der Waals surface area contributed by atoms with E-state index in [1.807, 2.05) is 0 Å². The van der Waals surface area contributed by atoms with Crippen LogP contribution in [0.1, 0.15) is 56.4 Å². The molecule has 2 aliphatic rings. The maximum atomic E-state index is 6.25. The Labute approximate surface area is 378 Å². The molecule has 2 heterocycles. The fourth-order valence-electron chi connectivity index (χ4n) is 5.66. The lowest BCUT2D eigenvalue weighted by molar-refractivity contribution is 0.244. The van der Waals surface area contributed by atoms with E-state index >= 15 is 0 Å². The van der Waals surface area contributed by atoms with E-state index in [1.54, 1.807) is 0 Å². The van der Waals surface area contributed by atoms with Crippen LogP contribution in [0.3, 0.4) is 0 Å². The highest BCUT2D eigenvalue weighted by Gasteiger charge is 2.30. The summed E-state index contributed by atoms with van der Waals surface area (Å²) in [4.78, 5) is 0. The summed E-state index contributed by atoms with van der Waals surface area (Å²) in [6.07, 6.45) is 1.05. The molecule has 4 aromatic carbocycles. The van der Waals surface area contributed by atoms with E-state index < -0.39 is 0 Å². The van der Waals surface area contributed by atoms with Crippen molar-refractivity contribution in [3.05, 3.63) is 107 Å². The fourth-order valence-corrected chi connectivity index (χ4v) is 11.3. The molecule has 2 saturated heterocycles. The van der Waals surface area contributed by atoms with Crippen LogP contribution >= 0.6 is 127 Å². The van der Waals surface area contributed by atoms with Gasteiger partial charge in [-0.15, -0.1) is 0 Å². The van der Waals surface area contributed by atoms with Gasteiger partial charge in [0, 0.05) is 17.3 Å². The number of hydrogen-bond acceptors (Lipinski definition) is 6. The summed E-state index contributed by atoms with van der Waals surface area (Å²) < 4.78 is 42.1. The second-order valence-electron chi connectivity index (χ2n) is 13.9. The summed E-state index contributed by atoms with van der Waals surface area (Å²) in [5.41, 5.74) is 3.88. The Kier molecular flexibility index (Phi) is 14.2. The third kappa shape index (κ3) is 10.3. The first kappa shape index (κ1) is 42.4. The van der Waals surface area contributed by atoms with Gasteiger partial charge in [-0.25, -0.2) is 0 Å². The normalized spacial score (nSPS) is 16.8. The van der Waals surface area contributed by atoms with Gasteiger partial charge in [0.2, 0.25) is 0 Å². The molecule has 0 radical (unpaired) electrons. The lowest BCUT2D eigenvalue weighted by Gasteiger charge is -2.28. The highest BCUT2D eigenvalue weighted by Crippen LogP contribution is 2.46. The first-order valence-electron chi connectivity index (χ1n) is 16.8. The van der Waals surface area contributed by atoms with Gasteiger partial charge in [-0.3, -0.25) is 0 Å². The summed E-state index contributed by atoms with van der Waals surface area (Å²) in [5.74, 6) is 3.06. The number of rotatable bonds is 16. The zero-order chi connectivity index (χ0) is 38.2. The topological polar surface area (TPSA) is 62.0 Å². The van der Waals surface area contributed by atoms with Crippen LogP contribution in [0.25, 0.3) is 0 Å². The molecule has 2 fully saturated rings. The lowest BCUT2D eigenvalue weighted by atomic mass is 9.78. The van der Waals surface area contributed by atoms with Gasteiger partial charge in [0.05, 0.1) is 62.2 Å². The molecule has 0 N–H and O–H groups in total. The number of ether oxygens (including phenoxy) is 6. The second kappa shape index (κ2) is 17.8. The van der Waals surface area contributed by atoms with Crippen LogP contribution in [0.4, 0.5) is 0 Å². The Balaban J connectivity index is 1.06. The van der Waals surface area contributed by atoms with Crippen molar-refractivity contribution in [1.29, 1.82) is 0 Å². The molecule has 0 aromatic heterocycles. The molecule has 6 nitrogen and oxygen atoms in total. The molecule has 2 aliphatic heterocycles. The Morgan fingerprint density at radius 1 is 0.453 bits per heavy atom. The van der Waals surface area contributed by atoms with Crippen LogP contribution < -0.4 is 18.9 Å². The minimum absolute atomic E-state index is 0.184. The lowest BCUT2D eigenvalue weighted by Crippen LogP contribution is -2.20. The fraction of sp³-hybridized carbons (Fsp3) is 0.385. The Bertz CT molecular complexity index is 1760. The Morgan fingerprint density at radius 3 is 0.906 bits per heavy atom. The quantitative estimate of drug-likeness (QED) is 0.0823. The van der Waals surface area contributed by atoms with Crippen LogP contribution in [0.5, 0.6) is 23.0 Å². The van der Waals surface area contributed by atoms with E-state index in [0.29, 0.717) is 32.8 Å². The average molecular weight is 1240 g/mol. The van der Waals surface area contributed by atoms with E-state index in [4.69, 9.17) is 28.4 Å². The average Bonchev–Trinajstić information content (AvgIpc) is 4.02. The van der Waals surface area contributed by atoms with Crippen molar-refractivity contribution in [2.75, 3.05) is 39.6 Å². The van der Waals surface area contributed by atoms with Crippen molar-refractivity contribution in [2.24, 2.45) is 0 Å². The van der Waals surface area contributed by atoms with E-state index in [1.165, 1.54) is 0 Å². The van der Waals surface area contributed by atoms with Crippen molar-refractivity contribution in [3.63, 3.8) is 0 Å². The maximum Gasteiger partial charge on any atom is 0.147 e. The molecule has 0 saturated carbocycles. The van der Waals surface area contributed by atoms with Gasteiger partial charge in [-0.2, -0.15) is 0 Å². The summed E-state index contributed by atoms with van der Waals surface area (Å²) in [6, 6.07) is 16.9. The second-order valence-corrected chi connectivity index (χ2v) is 20.7. The highest BCUT2D eigenvalue weighted by molar-refractivity contribution is 9.12. The molecule has 0 amide bonds. The van der Waals surface area contributed by atoms with Gasteiger partial charge < -0.3 is 28.4 Å². The smallest absolute Gasteiger partial charge is 0.147 e. The first-order chi connectivity index (χ1) is 25.1. The summed E-state index contributed by atoms with van der Waals surface area (Å²) in [6.45, 7) is 12.3. The molecule has 0 bridgehead atoms. The van der Waals surface area contributed by atoms with Gasteiger partial charge >= 0.3 is 0 Å². The van der Waals surface area contributed by atoms with Gasteiger partial charge in [0.25, 0.3) is 0 Å². The highest BCUT2D eigenvalue weighted by atomic mass is 79.9. The molecule has 2 atom stereocenters. The van der Waals surface area contributed by atoms with Crippen molar-refractivity contribution >= 4 is 127 Å². The van der Waals surface area contributed by atoms with E-state index in [-0.39, 0.29) is 23.0 Å². The largest absolute Gasteiger partial charge is 0.491 e. The van der Waals surface area contributed by atoms with E-state index in [2.05, 4.69) is 204 Å². The SMILES string of the molecule is CC(C)(c1cc(Br)c(OCCCOc2c(Br)cc(C(C)(C)c3cc(Br)c(OCC4CO4)c(Br)c3)cc2Br)c(Br)c1)c1cc(Br)c(OCC2CO2)c(Br)c1. The molecule has 6 rings (SSSR count).